The van der Waals surface area contributed by atoms with Crippen LogP contribution in [-0.4, -0.2) is 7.11 Å². The van der Waals surface area contributed by atoms with Crippen LogP contribution in [0.4, 0.5) is 0 Å². The van der Waals surface area contributed by atoms with Gasteiger partial charge in [0.25, 0.3) is 0 Å². The molecular formula is C12H16BrNO. The van der Waals surface area contributed by atoms with Crippen LogP contribution in [0.3, 0.4) is 0 Å². The average Bonchev–Trinajstić information content (AvgIpc) is 2.15. The minimum Gasteiger partial charge on any atom is -0.497 e. The molecule has 1 fully saturated rings. The normalized spacial score (nSPS) is 18.3. The van der Waals surface area contributed by atoms with E-state index in [-0.39, 0.29) is 6.04 Å². The fourth-order valence-electron chi connectivity index (χ4n) is 1.96. The van der Waals surface area contributed by atoms with E-state index in [0.29, 0.717) is 5.92 Å². The number of halogens is 1. The Balaban J connectivity index is 2.24. The summed E-state index contributed by atoms with van der Waals surface area (Å²) in [4.78, 5) is 0. The summed E-state index contributed by atoms with van der Waals surface area (Å²) in [6.07, 6.45) is 3.83. The number of benzene rings is 1. The van der Waals surface area contributed by atoms with E-state index in [2.05, 4.69) is 15.9 Å². The maximum atomic E-state index is 6.24. The molecule has 2 nitrogen and oxygen atoms in total. The molecule has 1 aliphatic carbocycles. The predicted molar refractivity (Wildman–Crippen MR) is 65.0 cm³/mol. The van der Waals surface area contributed by atoms with E-state index in [0.717, 1.165) is 10.2 Å². The van der Waals surface area contributed by atoms with Crippen molar-refractivity contribution in [3.63, 3.8) is 0 Å². The van der Waals surface area contributed by atoms with Gasteiger partial charge in [0.15, 0.2) is 0 Å². The van der Waals surface area contributed by atoms with Crippen molar-refractivity contribution in [2.75, 3.05) is 7.11 Å². The van der Waals surface area contributed by atoms with Gasteiger partial charge < -0.3 is 10.5 Å². The molecule has 2 rings (SSSR count). The van der Waals surface area contributed by atoms with Gasteiger partial charge in [-0.1, -0.05) is 22.4 Å². The van der Waals surface area contributed by atoms with Crippen molar-refractivity contribution in [3.8, 4) is 5.75 Å². The van der Waals surface area contributed by atoms with Gasteiger partial charge in [-0.15, -0.1) is 0 Å². The molecule has 1 saturated carbocycles. The van der Waals surface area contributed by atoms with Crippen molar-refractivity contribution in [1.82, 2.24) is 0 Å². The summed E-state index contributed by atoms with van der Waals surface area (Å²) in [6.45, 7) is 0. The van der Waals surface area contributed by atoms with Gasteiger partial charge in [-0.2, -0.15) is 0 Å². The number of rotatable bonds is 3. The SMILES string of the molecule is COc1ccc(Br)c([C@H](N)C2CCC2)c1. The van der Waals surface area contributed by atoms with Crippen LogP contribution in [0.2, 0.25) is 0 Å². The molecule has 0 aromatic heterocycles. The standard InChI is InChI=1S/C12H16BrNO/c1-15-9-5-6-11(13)10(7-9)12(14)8-3-2-4-8/h5-8,12H,2-4,14H2,1H3/t12-/m1/s1. The highest BCUT2D eigenvalue weighted by atomic mass is 79.9. The van der Waals surface area contributed by atoms with E-state index in [1.165, 1.54) is 24.8 Å². The maximum absolute atomic E-state index is 6.24. The molecule has 3 heteroatoms. The molecule has 2 N–H and O–H groups in total. The molecule has 15 heavy (non-hydrogen) atoms. The summed E-state index contributed by atoms with van der Waals surface area (Å²) < 4.78 is 6.30. The quantitative estimate of drug-likeness (QED) is 0.915. The Morgan fingerprint density at radius 2 is 2.20 bits per heavy atom. The highest BCUT2D eigenvalue weighted by Gasteiger charge is 2.26. The zero-order valence-electron chi connectivity index (χ0n) is 8.87. The molecule has 0 spiro atoms. The molecule has 0 bridgehead atoms. The van der Waals surface area contributed by atoms with Gasteiger partial charge in [0, 0.05) is 10.5 Å². The monoisotopic (exact) mass is 269 g/mol. The van der Waals surface area contributed by atoms with Crippen LogP contribution in [-0.2, 0) is 0 Å². The molecule has 1 aliphatic rings. The van der Waals surface area contributed by atoms with Crippen molar-refractivity contribution >= 4 is 15.9 Å². The minimum atomic E-state index is 0.142. The molecule has 1 aromatic rings. The third-order valence-corrected chi connectivity index (χ3v) is 3.94. The van der Waals surface area contributed by atoms with E-state index in [1.807, 2.05) is 18.2 Å². The lowest BCUT2D eigenvalue weighted by atomic mass is 9.77. The molecular weight excluding hydrogens is 254 g/mol. The lowest BCUT2D eigenvalue weighted by Gasteiger charge is -2.32. The Labute approximate surface area is 98.9 Å². The molecule has 1 aromatic carbocycles. The van der Waals surface area contributed by atoms with E-state index < -0.39 is 0 Å². The van der Waals surface area contributed by atoms with E-state index in [9.17, 15) is 0 Å². The van der Waals surface area contributed by atoms with Crippen LogP contribution in [0.5, 0.6) is 5.75 Å². The van der Waals surface area contributed by atoms with Crippen LogP contribution in [0, 0.1) is 5.92 Å². The highest BCUT2D eigenvalue weighted by molar-refractivity contribution is 9.10. The van der Waals surface area contributed by atoms with Crippen molar-refractivity contribution in [1.29, 1.82) is 0 Å². The largest absolute Gasteiger partial charge is 0.497 e. The van der Waals surface area contributed by atoms with Gasteiger partial charge in [0.05, 0.1) is 7.11 Å². The van der Waals surface area contributed by atoms with Crippen molar-refractivity contribution < 1.29 is 4.74 Å². The average molecular weight is 270 g/mol. The molecule has 0 heterocycles. The van der Waals surface area contributed by atoms with E-state index in [4.69, 9.17) is 10.5 Å². The van der Waals surface area contributed by atoms with Crippen LogP contribution < -0.4 is 10.5 Å². The first-order valence-electron chi connectivity index (χ1n) is 5.31. The second kappa shape index (κ2) is 4.54. The molecule has 1 atom stereocenters. The Kier molecular flexibility index (Phi) is 3.32. The molecule has 82 valence electrons. The van der Waals surface area contributed by atoms with Crippen LogP contribution >= 0.6 is 15.9 Å². The number of nitrogens with two attached hydrogens (primary N) is 1. The lowest BCUT2D eigenvalue weighted by Crippen LogP contribution is -2.27. The summed E-state index contributed by atoms with van der Waals surface area (Å²) >= 11 is 3.55. The number of ether oxygens (including phenoxy) is 1. The van der Waals surface area contributed by atoms with E-state index in [1.54, 1.807) is 7.11 Å². The van der Waals surface area contributed by atoms with Gasteiger partial charge >= 0.3 is 0 Å². The smallest absolute Gasteiger partial charge is 0.119 e. The van der Waals surface area contributed by atoms with E-state index >= 15 is 0 Å². The Morgan fingerprint density at radius 3 is 2.73 bits per heavy atom. The highest BCUT2D eigenvalue weighted by Crippen LogP contribution is 2.39. The van der Waals surface area contributed by atoms with Crippen LogP contribution in [0.15, 0.2) is 22.7 Å². The Hall–Kier alpha value is -0.540. The van der Waals surface area contributed by atoms with Gasteiger partial charge in [-0.3, -0.25) is 0 Å². The Morgan fingerprint density at radius 1 is 1.47 bits per heavy atom. The molecule has 0 radical (unpaired) electrons. The minimum absolute atomic E-state index is 0.142. The van der Waals surface area contributed by atoms with Crippen molar-refractivity contribution in [2.45, 2.75) is 25.3 Å². The zero-order chi connectivity index (χ0) is 10.8. The summed E-state index contributed by atoms with van der Waals surface area (Å²) in [5.74, 6) is 1.52. The maximum Gasteiger partial charge on any atom is 0.119 e. The van der Waals surface area contributed by atoms with Crippen LogP contribution in [0.1, 0.15) is 30.9 Å². The van der Waals surface area contributed by atoms with Crippen molar-refractivity contribution in [3.05, 3.63) is 28.2 Å². The molecule has 0 unspecified atom stereocenters. The summed E-state index contributed by atoms with van der Waals surface area (Å²) in [7, 11) is 1.68. The first-order chi connectivity index (χ1) is 7.22. The summed E-state index contributed by atoms with van der Waals surface area (Å²) in [5, 5.41) is 0. The number of hydrogen-bond acceptors (Lipinski definition) is 2. The first kappa shape index (κ1) is 11.0. The summed E-state index contributed by atoms with van der Waals surface area (Å²) in [6, 6.07) is 6.13. The first-order valence-corrected chi connectivity index (χ1v) is 6.10. The predicted octanol–water partition coefficient (Wildman–Crippen LogP) is 3.26. The van der Waals surface area contributed by atoms with Gasteiger partial charge in [0.1, 0.15) is 5.75 Å². The van der Waals surface area contributed by atoms with Gasteiger partial charge in [0.2, 0.25) is 0 Å². The molecule has 0 amide bonds. The lowest BCUT2D eigenvalue weighted by molar-refractivity contribution is 0.263. The van der Waals surface area contributed by atoms with Gasteiger partial charge in [-0.25, -0.2) is 0 Å². The molecule has 0 saturated heterocycles. The van der Waals surface area contributed by atoms with Gasteiger partial charge in [-0.05, 0) is 42.5 Å². The number of methoxy groups -OCH3 is 1. The summed E-state index contributed by atoms with van der Waals surface area (Å²) in [5.41, 5.74) is 7.40. The second-order valence-corrected chi connectivity index (χ2v) is 4.96. The van der Waals surface area contributed by atoms with Crippen LogP contribution in [0.25, 0.3) is 0 Å². The molecule has 0 aliphatic heterocycles. The zero-order valence-corrected chi connectivity index (χ0v) is 10.5. The van der Waals surface area contributed by atoms with Crippen molar-refractivity contribution in [2.24, 2.45) is 11.7 Å². The second-order valence-electron chi connectivity index (χ2n) is 4.10. The fraction of sp³-hybridized carbons (Fsp3) is 0.500. The third-order valence-electron chi connectivity index (χ3n) is 3.22. The third kappa shape index (κ3) is 2.18. The Bertz CT molecular complexity index is 349. The number of hydrogen-bond donors (Lipinski definition) is 1. The topological polar surface area (TPSA) is 35.2 Å². The fourth-order valence-corrected chi connectivity index (χ4v) is 2.47.